The molecule has 6 rings (SSSR count). The number of aryl methyl sites for hydroxylation is 1. The minimum atomic E-state index is -1.04. The molecule has 1 unspecified atom stereocenters. The van der Waals surface area contributed by atoms with Crippen molar-refractivity contribution in [1.82, 2.24) is 9.78 Å². The number of carboxylic acids is 1. The lowest BCUT2D eigenvalue weighted by Crippen LogP contribution is -2.18. The van der Waals surface area contributed by atoms with E-state index in [1.54, 1.807) is 58.8 Å². The highest BCUT2D eigenvalue weighted by Gasteiger charge is 2.19. The SMILES string of the molecule is CC(OC(=O)Nc1c(-c2cc3sc(-c4ccc(Oc5ccccc5C(=O)O)cc4)cc3s2)cnn1C)c1ccccc1. The fourth-order valence-corrected chi connectivity index (χ4v) is 6.91. The van der Waals surface area contributed by atoms with Crippen molar-refractivity contribution >= 4 is 50.0 Å². The van der Waals surface area contributed by atoms with Gasteiger partial charge < -0.3 is 14.6 Å². The molecule has 1 atom stereocenters. The van der Waals surface area contributed by atoms with E-state index in [1.807, 2.05) is 61.5 Å². The third kappa shape index (κ3) is 5.63. The monoisotopic (exact) mass is 595 g/mol. The average molecular weight is 596 g/mol. The maximum absolute atomic E-state index is 12.7. The number of ether oxygens (including phenoxy) is 2. The fourth-order valence-electron chi connectivity index (χ4n) is 4.50. The smallest absolute Gasteiger partial charge is 0.413 e. The Hall–Kier alpha value is -4.93. The van der Waals surface area contributed by atoms with Gasteiger partial charge >= 0.3 is 12.1 Å². The van der Waals surface area contributed by atoms with Crippen LogP contribution >= 0.6 is 22.7 Å². The lowest BCUT2D eigenvalue weighted by molar-refractivity contribution is 0.0694. The number of aromatic carboxylic acids is 1. The van der Waals surface area contributed by atoms with E-state index < -0.39 is 18.2 Å². The van der Waals surface area contributed by atoms with Gasteiger partial charge in [0.25, 0.3) is 0 Å². The van der Waals surface area contributed by atoms with E-state index >= 15 is 0 Å². The summed E-state index contributed by atoms with van der Waals surface area (Å²) in [4.78, 5) is 26.3. The molecule has 3 aromatic carbocycles. The van der Waals surface area contributed by atoms with Crippen LogP contribution in [-0.2, 0) is 11.8 Å². The summed E-state index contributed by atoms with van der Waals surface area (Å²) >= 11 is 3.29. The molecular weight excluding hydrogens is 571 g/mol. The van der Waals surface area contributed by atoms with Crippen LogP contribution < -0.4 is 10.1 Å². The number of hydrogen-bond acceptors (Lipinski definition) is 7. The van der Waals surface area contributed by atoms with Crippen LogP contribution in [0.5, 0.6) is 11.5 Å². The molecule has 8 nitrogen and oxygen atoms in total. The molecule has 0 saturated heterocycles. The van der Waals surface area contributed by atoms with Crippen LogP contribution in [-0.4, -0.2) is 26.9 Å². The largest absolute Gasteiger partial charge is 0.478 e. The number of para-hydroxylation sites is 1. The molecule has 3 heterocycles. The molecule has 10 heteroatoms. The number of aromatic nitrogens is 2. The first-order chi connectivity index (χ1) is 20.4. The molecule has 2 N–H and O–H groups in total. The van der Waals surface area contributed by atoms with Crippen molar-refractivity contribution in [1.29, 1.82) is 0 Å². The van der Waals surface area contributed by atoms with Crippen LogP contribution in [0.2, 0.25) is 0 Å². The zero-order valence-electron chi connectivity index (χ0n) is 22.6. The maximum Gasteiger partial charge on any atom is 0.413 e. The highest BCUT2D eigenvalue weighted by atomic mass is 32.1. The van der Waals surface area contributed by atoms with Gasteiger partial charge in [-0.3, -0.25) is 10.00 Å². The van der Waals surface area contributed by atoms with Crippen LogP contribution in [0.4, 0.5) is 10.6 Å². The summed E-state index contributed by atoms with van der Waals surface area (Å²) in [6.07, 6.45) is 0.804. The summed E-state index contributed by atoms with van der Waals surface area (Å²) in [5.74, 6) is 0.382. The summed E-state index contributed by atoms with van der Waals surface area (Å²) in [7, 11) is 1.78. The molecule has 210 valence electrons. The van der Waals surface area contributed by atoms with E-state index in [0.717, 1.165) is 35.8 Å². The maximum atomic E-state index is 12.7. The van der Waals surface area contributed by atoms with E-state index in [2.05, 4.69) is 22.5 Å². The third-order valence-electron chi connectivity index (χ3n) is 6.67. The van der Waals surface area contributed by atoms with Gasteiger partial charge in [-0.05, 0) is 66.6 Å². The standard InChI is InChI=1S/C32H25N3O5S2/c1-19(20-8-4-3-5-9-20)39-32(38)34-30-24(18-33-35(30)2)27-17-29-28(42-27)16-26(41-29)21-12-14-22(15-13-21)40-25-11-7-6-10-23(25)31(36)37/h3-19H,1-2H3,(H,34,38)(H,36,37). The number of nitrogens with zero attached hydrogens (tertiary/aromatic N) is 2. The van der Waals surface area contributed by atoms with Gasteiger partial charge in [0.2, 0.25) is 0 Å². The summed E-state index contributed by atoms with van der Waals surface area (Å²) in [6, 6.07) is 28.0. The van der Waals surface area contributed by atoms with Gasteiger partial charge in [-0.15, -0.1) is 22.7 Å². The molecule has 0 bridgehead atoms. The van der Waals surface area contributed by atoms with Crippen molar-refractivity contribution in [2.75, 3.05) is 5.32 Å². The van der Waals surface area contributed by atoms with E-state index in [1.165, 1.54) is 6.07 Å². The molecule has 0 spiro atoms. The highest BCUT2D eigenvalue weighted by Crippen LogP contribution is 2.43. The Morgan fingerprint density at radius 2 is 1.57 bits per heavy atom. The summed E-state index contributed by atoms with van der Waals surface area (Å²) < 4.78 is 15.3. The zero-order valence-corrected chi connectivity index (χ0v) is 24.2. The summed E-state index contributed by atoms with van der Waals surface area (Å²) in [5.41, 5.74) is 2.88. The summed E-state index contributed by atoms with van der Waals surface area (Å²) in [6.45, 7) is 1.84. The van der Waals surface area contributed by atoms with Crippen LogP contribution in [0, 0.1) is 0 Å². The predicted molar refractivity (Wildman–Crippen MR) is 166 cm³/mol. The third-order valence-corrected chi connectivity index (χ3v) is 9.04. The predicted octanol–water partition coefficient (Wildman–Crippen LogP) is 8.83. The molecule has 0 saturated carbocycles. The number of thiophene rings is 2. The molecule has 1 amide bonds. The number of carboxylic acid groups (broad SMARTS) is 1. The van der Waals surface area contributed by atoms with E-state index in [-0.39, 0.29) is 5.56 Å². The molecule has 0 aliphatic carbocycles. The van der Waals surface area contributed by atoms with Gasteiger partial charge in [0.1, 0.15) is 29.0 Å². The minimum absolute atomic E-state index is 0.112. The number of carbonyl (C=O) groups is 2. The quantitative estimate of drug-likeness (QED) is 0.182. The Morgan fingerprint density at radius 3 is 2.31 bits per heavy atom. The van der Waals surface area contributed by atoms with Crippen LogP contribution in [0.1, 0.15) is 28.9 Å². The topological polar surface area (TPSA) is 103 Å². The first-order valence-corrected chi connectivity index (χ1v) is 14.7. The normalized spacial score (nSPS) is 11.8. The molecule has 6 aromatic rings. The number of nitrogens with one attached hydrogen (secondary N) is 1. The van der Waals surface area contributed by atoms with E-state index in [0.29, 0.717) is 17.3 Å². The van der Waals surface area contributed by atoms with Gasteiger partial charge in [-0.25, -0.2) is 9.59 Å². The second-order valence-corrected chi connectivity index (χ2v) is 11.7. The number of anilines is 1. The second-order valence-electron chi connectivity index (χ2n) is 9.49. The van der Waals surface area contributed by atoms with Crippen LogP contribution in [0.25, 0.3) is 30.3 Å². The number of carbonyl (C=O) groups excluding carboxylic acids is 1. The Kier molecular flexibility index (Phi) is 7.47. The van der Waals surface area contributed by atoms with Gasteiger partial charge in [-0.2, -0.15) is 5.10 Å². The molecule has 0 fully saturated rings. The molecule has 0 radical (unpaired) electrons. The number of rotatable bonds is 8. The fraction of sp³-hybridized carbons (Fsp3) is 0.0938. The Balaban J connectivity index is 1.17. The van der Waals surface area contributed by atoms with Crippen molar-refractivity contribution in [2.24, 2.45) is 7.05 Å². The van der Waals surface area contributed by atoms with E-state index in [9.17, 15) is 14.7 Å². The molecular formula is C32H25N3O5S2. The highest BCUT2D eigenvalue weighted by molar-refractivity contribution is 7.31. The molecule has 0 aliphatic rings. The Labute approximate surface area is 249 Å². The van der Waals surface area contributed by atoms with Crippen molar-refractivity contribution < 1.29 is 24.2 Å². The zero-order chi connectivity index (χ0) is 29.2. The molecule has 42 heavy (non-hydrogen) atoms. The van der Waals surface area contributed by atoms with Crippen molar-refractivity contribution in [3.05, 3.63) is 108 Å². The Morgan fingerprint density at radius 1 is 0.905 bits per heavy atom. The van der Waals surface area contributed by atoms with E-state index in [4.69, 9.17) is 9.47 Å². The lowest BCUT2D eigenvalue weighted by atomic mass is 10.1. The van der Waals surface area contributed by atoms with Gasteiger partial charge in [0, 0.05) is 26.2 Å². The van der Waals surface area contributed by atoms with Gasteiger partial charge in [0.15, 0.2) is 0 Å². The molecule has 0 aliphatic heterocycles. The number of benzene rings is 3. The van der Waals surface area contributed by atoms with Crippen LogP contribution in [0.15, 0.2) is 97.2 Å². The lowest BCUT2D eigenvalue weighted by Gasteiger charge is -2.14. The van der Waals surface area contributed by atoms with Gasteiger partial charge in [-0.1, -0.05) is 42.5 Å². The second kappa shape index (κ2) is 11.5. The van der Waals surface area contributed by atoms with Crippen molar-refractivity contribution in [3.8, 4) is 32.4 Å². The number of fused-ring (bicyclic) bond motifs is 1. The van der Waals surface area contributed by atoms with Crippen LogP contribution in [0.3, 0.4) is 0 Å². The molecule has 3 aromatic heterocycles. The minimum Gasteiger partial charge on any atom is -0.478 e. The average Bonchev–Trinajstić information content (AvgIpc) is 3.68. The summed E-state index contributed by atoms with van der Waals surface area (Å²) in [5, 5.41) is 16.6. The van der Waals surface area contributed by atoms with Gasteiger partial charge in [0.05, 0.1) is 11.8 Å². The Bertz CT molecular complexity index is 1860. The number of amides is 1. The first-order valence-electron chi connectivity index (χ1n) is 13.0. The number of hydrogen-bond donors (Lipinski definition) is 2. The van der Waals surface area contributed by atoms with Crippen molar-refractivity contribution in [3.63, 3.8) is 0 Å². The first kappa shape index (κ1) is 27.3. The van der Waals surface area contributed by atoms with Crippen molar-refractivity contribution in [2.45, 2.75) is 13.0 Å².